The van der Waals surface area contributed by atoms with Gasteiger partial charge >= 0.3 is 5.97 Å². The highest BCUT2D eigenvalue weighted by Crippen LogP contribution is 2.43. The number of piperidine rings is 1. The van der Waals surface area contributed by atoms with E-state index in [0.717, 1.165) is 26.1 Å². The second-order valence-electron chi connectivity index (χ2n) is 8.03. The lowest BCUT2D eigenvalue weighted by atomic mass is 9.73. The van der Waals surface area contributed by atoms with Gasteiger partial charge in [-0.15, -0.1) is 0 Å². The molecule has 3 fully saturated rings. The number of hydrogen-bond donors (Lipinski definition) is 1. The molecular formula is C17H29N3O4. The highest BCUT2D eigenvalue weighted by atomic mass is 16.5. The summed E-state index contributed by atoms with van der Waals surface area (Å²) in [5.41, 5.74) is -1.44. The van der Waals surface area contributed by atoms with E-state index in [-0.39, 0.29) is 11.8 Å². The van der Waals surface area contributed by atoms with Crippen LogP contribution < -0.4 is 0 Å². The molecule has 3 saturated heterocycles. The number of carboxylic acid groups (broad SMARTS) is 1. The maximum atomic E-state index is 13.2. The van der Waals surface area contributed by atoms with Crippen molar-refractivity contribution in [3.8, 4) is 0 Å². The summed E-state index contributed by atoms with van der Waals surface area (Å²) in [6, 6.07) is 0. The fraction of sp³-hybridized carbons (Fsp3) is 0.882. The molecule has 3 rings (SSSR count). The Morgan fingerprint density at radius 3 is 2.46 bits per heavy atom. The molecule has 7 nitrogen and oxygen atoms in total. The lowest BCUT2D eigenvalue weighted by molar-refractivity contribution is -0.154. The van der Waals surface area contributed by atoms with Gasteiger partial charge in [-0.1, -0.05) is 0 Å². The summed E-state index contributed by atoms with van der Waals surface area (Å²) in [4.78, 5) is 31.3. The average molecular weight is 339 g/mol. The minimum absolute atomic E-state index is 0.0436. The van der Waals surface area contributed by atoms with Crippen LogP contribution in [0.15, 0.2) is 0 Å². The second-order valence-corrected chi connectivity index (χ2v) is 8.03. The summed E-state index contributed by atoms with van der Waals surface area (Å²) in [6.45, 7) is 8.96. The highest BCUT2D eigenvalue weighted by Gasteiger charge is 2.57. The van der Waals surface area contributed by atoms with Crippen molar-refractivity contribution in [1.82, 2.24) is 14.7 Å². The molecule has 1 amide bonds. The Hall–Kier alpha value is -1.18. The second kappa shape index (κ2) is 6.28. The van der Waals surface area contributed by atoms with Gasteiger partial charge in [0.1, 0.15) is 5.41 Å². The molecule has 136 valence electrons. The third-order valence-electron chi connectivity index (χ3n) is 6.14. The zero-order valence-corrected chi connectivity index (χ0v) is 15.0. The van der Waals surface area contributed by atoms with Gasteiger partial charge in [0, 0.05) is 32.7 Å². The van der Waals surface area contributed by atoms with E-state index in [1.54, 1.807) is 4.90 Å². The lowest BCUT2D eigenvalue weighted by Gasteiger charge is -2.41. The van der Waals surface area contributed by atoms with Crippen LogP contribution >= 0.6 is 0 Å². The summed E-state index contributed by atoms with van der Waals surface area (Å²) in [5, 5.41) is 9.88. The van der Waals surface area contributed by atoms with Crippen LogP contribution in [0.4, 0.5) is 0 Å². The van der Waals surface area contributed by atoms with Gasteiger partial charge in [-0.3, -0.25) is 14.5 Å². The van der Waals surface area contributed by atoms with Gasteiger partial charge in [0.2, 0.25) is 5.91 Å². The molecule has 3 heterocycles. The first kappa shape index (κ1) is 17.6. The Morgan fingerprint density at radius 2 is 1.83 bits per heavy atom. The largest absolute Gasteiger partial charge is 0.481 e. The van der Waals surface area contributed by atoms with Crippen LogP contribution in [-0.2, 0) is 14.3 Å². The number of hydrogen-bond acceptors (Lipinski definition) is 5. The summed E-state index contributed by atoms with van der Waals surface area (Å²) in [5.74, 6) is -0.670. The SMILES string of the molecule is CN1CC[C@@H]2CN(C(=O)C(C)(C)N3CCOCC3)C[C@]2(C(=O)O)C1. The first-order valence-electron chi connectivity index (χ1n) is 8.81. The van der Waals surface area contributed by atoms with Crippen LogP contribution in [0, 0.1) is 11.3 Å². The number of amides is 1. The van der Waals surface area contributed by atoms with Crippen LogP contribution in [0.1, 0.15) is 20.3 Å². The molecule has 7 heteroatoms. The number of aliphatic carboxylic acids is 1. The number of fused-ring (bicyclic) bond motifs is 1. The van der Waals surface area contributed by atoms with Crippen LogP contribution in [0.3, 0.4) is 0 Å². The Bertz CT molecular complexity index is 518. The van der Waals surface area contributed by atoms with Gasteiger partial charge in [-0.2, -0.15) is 0 Å². The molecule has 24 heavy (non-hydrogen) atoms. The third-order valence-corrected chi connectivity index (χ3v) is 6.14. The third kappa shape index (κ3) is 2.82. The van der Waals surface area contributed by atoms with Crippen LogP contribution in [0.25, 0.3) is 0 Å². The number of nitrogens with zero attached hydrogens (tertiary/aromatic N) is 3. The monoisotopic (exact) mass is 339 g/mol. The van der Waals surface area contributed by atoms with E-state index in [0.29, 0.717) is 32.8 Å². The Morgan fingerprint density at radius 1 is 1.17 bits per heavy atom. The predicted molar refractivity (Wildman–Crippen MR) is 88.7 cm³/mol. The highest BCUT2D eigenvalue weighted by molar-refractivity contribution is 5.87. The van der Waals surface area contributed by atoms with E-state index in [1.807, 2.05) is 20.9 Å². The first-order chi connectivity index (χ1) is 11.3. The number of carbonyl (C=O) groups is 2. The molecular weight excluding hydrogens is 310 g/mol. The minimum atomic E-state index is -0.816. The number of carboxylic acids is 1. The van der Waals surface area contributed by atoms with E-state index >= 15 is 0 Å². The molecule has 0 aromatic heterocycles. The molecule has 3 aliphatic heterocycles. The van der Waals surface area contributed by atoms with E-state index in [2.05, 4.69) is 9.80 Å². The minimum Gasteiger partial charge on any atom is -0.481 e. The van der Waals surface area contributed by atoms with Crippen molar-refractivity contribution >= 4 is 11.9 Å². The Labute approximate surface area is 143 Å². The van der Waals surface area contributed by atoms with E-state index in [9.17, 15) is 14.7 Å². The zero-order chi connectivity index (χ0) is 17.5. The average Bonchev–Trinajstić information content (AvgIpc) is 2.95. The molecule has 0 aromatic rings. The summed E-state index contributed by atoms with van der Waals surface area (Å²) >= 11 is 0. The topological polar surface area (TPSA) is 73.3 Å². The van der Waals surface area contributed by atoms with Gasteiger partial charge in [-0.25, -0.2) is 0 Å². The van der Waals surface area contributed by atoms with Crippen molar-refractivity contribution in [2.75, 3.05) is 59.5 Å². The summed E-state index contributed by atoms with van der Waals surface area (Å²) in [7, 11) is 1.96. The van der Waals surface area contributed by atoms with Crippen molar-refractivity contribution in [1.29, 1.82) is 0 Å². The van der Waals surface area contributed by atoms with Gasteiger partial charge in [0.05, 0.1) is 18.8 Å². The van der Waals surface area contributed by atoms with Crippen molar-refractivity contribution in [3.63, 3.8) is 0 Å². The maximum Gasteiger partial charge on any atom is 0.313 e. The number of carbonyl (C=O) groups excluding carboxylic acids is 1. The van der Waals surface area contributed by atoms with E-state index in [4.69, 9.17) is 4.74 Å². The van der Waals surface area contributed by atoms with E-state index in [1.165, 1.54) is 0 Å². The van der Waals surface area contributed by atoms with Crippen molar-refractivity contribution in [3.05, 3.63) is 0 Å². The van der Waals surface area contributed by atoms with Gasteiger partial charge < -0.3 is 19.6 Å². The molecule has 0 aromatic carbocycles. The smallest absolute Gasteiger partial charge is 0.313 e. The molecule has 0 aliphatic carbocycles. The first-order valence-corrected chi connectivity index (χ1v) is 8.81. The van der Waals surface area contributed by atoms with Gasteiger partial charge in [-0.05, 0) is 39.8 Å². The molecule has 0 spiro atoms. The van der Waals surface area contributed by atoms with Crippen molar-refractivity contribution in [2.45, 2.75) is 25.8 Å². The normalized spacial score (nSPS) is 32.6. The molecule has 0 unspecified atom stereocenters. The number of morpholine rings is 1. The van der Waals surface area contributed by atoms with Crippen molar-refractivity contribution < 1.29 is 19.4 Å². The quantitative estimate of drug-likeness (QED) is 0.778. The predicted octanol–water partition coefficient (Wildman–Crippen LogP) is -0.0379. The van der Waals surface area contributed by atoms with Crippen LogP contribution in [-0.4, -0.2) is 96.8 Å². The zero-order valence-electron chi connectivity index (χ0n) is 15.0. The fourth-order valence-corrected chi connectivity index (χ4v) is 4.57. The number of likely N-dealkylation sites (tertiary alicyclic amines) is 2. The van der Waals surface area contributed by atoms with Crippen LogP contribution in [0.2, 0.25) is 0 Å². The molecule has 3 aliphatic rings. The van der Waals surface area contributed by atoms with E-state index < -0.39 is 16.9 Å². The van der Waals surface area contributed by atoms with Gasteiger partial charge in [0.25, 0.3) is 0 Å². The Balaban J connectivity index is 1.78. The molecule has 0 bridgehead atoms. The molecule has 0 saturated carbocycles. The van der Waals surface area contributed by atoms with Crippen LogP contribution in [0.5, 0.6) is 0 Å². The Kier molecular flexibility index (Phi) is 4.61. The number of ether oxygens (including phenoxy) is 1. The molecule has 0 radical (unpaired) electrons. The fourth-order valence-electron chi connectivity index (χ4n) is 4.57. The summed E-state index contributed by atoms with van der Waals surface area (Å²) in [6.07, 6.45) is 0.838. The number of rotatable bonds is 3. The summed E-state index contributed by atoms with van der Waals surface area (Å²) < 4.78 is 5.39. The molecule has 1 N–H and O–H groups in total. The van der Waals surface area contributed by atoms with Gasteiger partial charge in [0.15, 0.2) is 0 Å². The maximum absolute atomic E-state index is 13.2. The van der Waals surface area contributed by atoms with Crippen molar-refractivity contribution in [2.24, 2.45) is 11.3 Å². The molecule has 2 atom stereocenters. The standard InChI is InChI=1S/C17H29N3O4/c1-16(2,20-6-8-24-9-7-20)14(21)19-10-13-4-5-18(3)11-17(13,12-19)15(22)23/h13H,4-12H2,1-3H3,(H,22,23)/t13-,17-/m1/s1. The lowest BCUT2D eigenvalue weighted by Crippen LogP contribution is -2.59.